The Morgan fingerprint density at radius 2 is 1.90 bits per heavy atom. The van der Waals surface area contributed by atoms with Crippen molar-refractivity contribution < 1.29 is 22.0 Å². The third-order valence-electron chi connectivity index (χ3n) is 4.61. The van der Waals surface area contributed by atoms with Crippen molar-refractivity contribution in [2.75, 3.05) is 17.4 Å². The summed E-state index contributed by atoms with van der Waals surface area (Å²) in [5, 5.41) is 2.61. The van der Waals surface area contributed by atoms with E-state index in [-0.39, 0.29) is 35.8 Å². The molecule has 0 saturated heterocycles. The van der Waals surface area contributed by atoms with E-state index >= 15 is 0 Å². The first-order chi connectivity index (χ1) is 14.8. The van der Waals surface area contributed by atoms with Gasteiger partial charge in [0.2, 0.25) is 0 Å². The number of carbonyl (C=O) groups is 1. The van der Waals surface area contributed by atoms with Crippen molar-refractivity contribution >= 4 is 21.6 Å². The first-order valence-corrected chi connectivity index (χ1v) is 11.0. The van der Waals surface area contributed by atoms with Gasteiger partial charge in [0.15, 0.2) is 0 Å². The lowest BCUT2D eigenvalue weighted by molar-refractivity contribution is 0.0670. The molecule has 1 heterocycles. The minimum atomic E-state index is -3.87. The fourth-order valence-corrected chi connectivity index (χ4v) is 4.64. The number of carbonyl (C=O) groups excluding carboxylic acids is 1. The lowest BCUT2D eigenvalue weighted by Gasteiger charge is -2.23. The Morgan fingerprint density at radius 3 is 2.58 bits per heavy atom. The molecule has 31 heavy (non-hydrogen) atoms. The molecule has 7 nitrogen and oxygen atoms in total. The van der Waals surface area contributed by atoms with Gasteiger partial charge in [0.1, 0.15) is 5.82 Å². The van der Waals surface area contributed by atoms with Crippen molar-refractivity contribution in [2.24, 2.45) is 0 Å². The molecule has 0 aliphatic rings. The monoisotopic (exact) mass is 448 g/mol. The van der Waals surface area contributed by atoms with E-state index in [0.717, 1.165) is 4.57 Å². The van der Waals surface area contributed by atoms with Gasteiger partial charge in [0.05, 0.1) is 10.6 Å². The normalized spacial score (nSPS) is 11.5. The Hall–Kier alpha value is -3.27. The van der Waals surface area contributed by atoms with E-state index in [2.05, 4.69) is 10.3 Å². The zero-order chi connectivity index (χ0) is 22.4. The number of nitrogens with one attached hydrogen (secondary N) is 1. The van der Waals surface area contributed by atoms with Crippen LogP contribution in [0.4, 0.5) is 14.5 Å². The van der Waals surface area contributed by atoms with Crippen molar-refractivity contribution in [1.29, 1.82) is 0 Å². The van der Waals surface area contributed by atoms with Gasteiger partial charge in [0.25, 0.3) is 15.9 Å². The van der Waals surface area contributed by atoms with Crippen molar-refractivity contribution in [3.05, 3.63) is 78.4 Å². The number of sulfonamides is 1. The van der Waals surface area contributed by atoms with E-state index in [1.165, 1.54) is 41.0 Å². The van der Waals surface area contributed by atoms with Crippen molar-refractivity contribution in [3.8, 4) is 0 Å². The zero-order valence-electron chi connectivity index (χ0n) is 16.8. The number of halogens is 2. The summed E-state index contributed by atoms with van der Waals surface area (Å²) in [6.45, 7) is -0.685. The van der Waals surface area contributed by atoms with E-state index in [4.69, 9.17) is 0 Å². The first-order valence-electron chi connectivity index (χ1n) is 9.60. The van der Waals surface area contributed by atoms with Gasteiger partial charge in [-0.3, -0.25) is 13.7 Å². The summed E-state index contributed by atoms with van der Waals surface area (Å²) >= 11 is 0. The van der Waals surface area contributed by atoms with Crippen LogP contribution in [-0.2, 0) is 16.4 Å². The largest absolute Gasteiger partial charge is 0.352 e. The highest BCUT2D eigenvalue weighted by Gasteiger charge is 2.24. The highest BCUT2D eigenvalue weighted by Crippen LogP contribution is 2.23. The van der Waals surface area contributed by atoms with Crippen LogP contribution in [0.15, 0.2) is 71.9 Å². The molecule has 3 rings (SSSR count). The molecule has 164 valence electrons. The first kappa shape index (κ1) is 22.4. The standard InChI is InChI=1S/C21H22F2N4O3S/c1-2-27(17-8-4-3-5-9-17)31(29,30)18-10-6-7-16(15-18)20(28)25-12-11-19-24-13-14-26(19)21(22)23/h3-10,13-15,21H,2,11-12H2,1H3,(H,25,28). The number of anilines is 1. The summed E-state index contributed by atoms with van der Waals surface area (Å²) in [6, 6.07) is 14.4. The van der Waals surface area contributed by atoms with E-state index < -0.39 is 22.5 Å². The van der Waals surface area contributed by atoms with Gasteiger partial charge in [-0.1, -0.05) is 24.3 Å². The second kappa shape index (κ2) is 9.69. The summed E-state index contributed by atoms with van der Waals surface area (Å²) in [7, 11) is -3.87. The maximum absolute atomic E-state index is 13.1. The molecule has 0 spiro atoms. The second-order valence-electron chi connectivity index (χ2n) is 6.57. The number of amides is 1. The highest BCUT2D eigenvalue weighted by molar-refractivity contribution is 7.92. The molecule has 0 unspecified atom stereocenters. The Kier molecular flexibility index (Phi) is 7.01. The molecule has 0 fully saturated rings. The van der Waals surface area contributed by atoms with Crippen LogP contribution in [0.3, 0.4) is 0 Å². The molecule has 0 bridgehead atoms. The number of rotatable bonds is 9. The summed E-state index contributed by atoms with van der Waals surface area (Å²) in [5.41, 5.74) is 0.678. The summed E-state index contributed by atoms with van der Waals surface area (Å²) in [4.78, 5) is 16.3. The number of hydrogen-bond acceptors (Lipinski definition) is 4. The average Bonchev–Trinajstić information content (AvgIpc) is 3.24. The van der Waals surface area contributed by atoms with Gasteiger partial charge in [-0.05, 0) is 37.3 Å². The Balaban J connectivity index is 1.73. The number of benzene rings is 2. The van der Waals surface area contributed by atoms with Gasteiger partial charge in [-0.2, -0.15) is 8.78 Å². The van der Waals surface area contributed by atoms with Crippen LogP contribution in [0.25, 0.3) is 0 Å². The molecule has 3 aromatic rings. The number of nitrogens with zero attached hydrogens (tertiary/aromatic N) is 3. The van der Waals surface area contributed by atoms with Crippen LogP contribution >= 0.6 is 0 Å². The average molecular weight is 448 g/mol. The van der Waals surface area contributed by atoms with Crippen molar-refractivity contribution in [3.63, 3.8) is 0 Å². The van der Waals surface area contributed by atoms with Crippen LogP contribution in [-0.4, -0.2) is 37.0 Å². The fourth-order valence-electron chi connectivity index (χ4n) is 3.12. The molecule has 1 N–H and O–H groups in total. The topological polar surface area (TPSA) is 84.3 Å². The Morgan fingerprint density at radius 1 is 1.16 bits per heavy atom. The molecule has 0 aliphatic heterocycles. The molecule has 0 saturated carbocycles. The predicted octanol–water partition coefficient (Wildman–Crippen LogP) is 3.47. The smallest absolute Gasteiger partial charge is 0.319 e. The number of hydrogen-bond donors (Lipinski definition) is 1. The third kappa shape index (κ3) is 5.08. The fraction of sp³-hybridized carbons (Fsp3) is 0.238. The second-order valence-corrected chi connectivity index (χ2v) is 8.43. The van der Waals surface area contributed by atoms with E-state index in [0.29, 0.717) is 5.69 Å². The van der Waals surface area contributed by atoms with Crippen molar-refractivity contribution in [2.45, 2.75) is 24.8 Å². The maximum Gasteiger partial charge on any atom is 0.319 e. The Bertz CT molecular complexity index is 1130. The van der Waals surface area contributed by atoms with Gasteiger partial charge in [0, 0.05) is 37.5 Å². The molecule has 1 aromatic heterocycles. The molecule has 2 aromatic carbocycles. The summed E-state index contributed by atoms with van der Waals surface area (Å²) in [5.74, 6) is -0.358. The van der Waals surface area contributed by atoms with Crippen LogP contribution in [0, 0.1) is 0 Å². The predicted molar refractivity (Wildman–Crippen MR) is 113 cm³/mol. The van der Waals surface area contributed by atoms with Crippen LogP contribution in [0.1, 0.15) is 29.7 Å². The summed E-state index contributed by atoms with van der Waals surface area (Å²) < 4.78 is 53.9. The number of alkyl halides is 2. The van der Waals surface area contributed by atoms with E-state index in [9.17, 15) is 22.0 Å². The highest BCUT2D eigenvalue weighted by atomic mass is 32.2. The van der Waals surface area contributed by atoms with Crippen LogP contribution < -0.4 is 9.62 Å². The molecular formula is C21H22F2N4O3S. The van der Waals surface area contributed by atoms with E-state index in [1.807, 2.05) is 0 Å². The number of para-hydroxylation sites is 1. The van der Waals surface area contributed by atoms with Gasteiger partial charge < -0.3 is 5.32 Å². The molecule has 0 atom stereocenters. The van der Waals surface area contributed by atoms with Crippen LogP contribution in [0.5, 0.6) is 0 Å². The maximum atomic E-state index is 13.1. The van der Waals surface area contributed by atoms with Gasteiger partial charge >= 0.3 is 6.55 Å². The van der Waals surface area contributed by atoms with Gasteiger partial charge in [-0.25, -0.2) is 13.4 Å². The Labute approximate surface area is 179 Å². The molecular weight excluding hydrogens is 426 g/mol. The van der Waals surface area contributed by atoms with Gasteiger partial charge in [-0.15, -0.1) is 0 Å². The molecule has 1 amide bonds. The van der Waals surface area contributed by atoms with Crippen molar-refractivity contribution in [1.82, 2.24) is 14.9 Å². The minimum Gasteiger partial charge on any atom is -0.352 e. The number of imidazole rings is 1. The molecule has 0 aliphatic carbocycles. The SMILES string of the molecule is CCN(c1ccccc1)S(=O)(=O)c1cccc(C(=O)NCCc2nccn2C(F)F)c1. The van der Waals surface area contributed by atoms with Crippen LogP contribution in [0.2, 0.25) is 0 Å². The van der Waals surface area contributed by atoms with E-state index in [1.54, 1.807) is 37.3 Å². The minimum absolute atomic E-state index is 0.0147. The molecule has 0 radical (unpaired) electrons. The molecule has 10 heteroatoms. The lowest BCUT2D eigenvalue weighted by atomic mass is 10.2. The quantitative estimate of drug-likeness (QED) is 0.543. The zero-order valence-corrected chi connectivity index (χ0v) is 17.6. The lowest BCUT2D eigenvalue weighted by Crippen LogP contribution is -2.31. The number of aromatic nitrogens is 2. The summed E-state index contributed by atoms with van der Waals surface area (Å²) in [6.07, 6.45) is 2.55. The third-order valence-corrected chi connectivity index (χ3v) is 6.51.